The van der Waals surface area contributed by atoms with Crippen molar-refractivity contribution >= 4 is 22.9 Å². The first kappa shape index (κ1) is 25.1. The maximum Gasteiger partial charge on any atom is 0.408 e. The number of benzene rings is 2. The third-order valence-corrected chi connectivity index (χ3v) is 5.29. The summed E-state index contributed by atoms with van der Waals surface area (Å²) in [5.41, 5.74) is 2.27. The second-order valence-electron chi connectivity index (χ2n) is 9.14. The zero-order chi connectivity index (χ0) is 24.9. The predicted molar refractivity (Wildman–Crippen MR) is 130 cm³/mol. The molecule has 1 heterocycles. The molecular formula is C26H33N3O5. The van der Waals surface area contributed by atoms with E-state index in [4.69, 9.17) is 14.3 Å². The lowest BCUT2D eigenvalue weighted by Gasteiger charge is -2.25. The average Bonchev–Trinajstić information content (AvgIpc) is 3.10. The van der Waals surface area contributed by atoms with Crippen molar-refractivity contribution in [1.29, 1.82) is 0 Å². The Kier molecular flexibility index (Phi) is 7.83. The van der Waals surface area contributed by atoms with Crippen molar-refractivity contribution in [3.05, 3.63) is 65.9 Å². The number of carbonyl (C=O) groups excluding carboxylic acids is 2. The number of carbonyl (C=O) groups is 2. The predicted octanol–water partition coefficient (Wildman–Crippen LogP) is 4.21. The van der Waals surface area contributed by atoms with E-state index in [2.05, 4.69) is 5.32 Å². The van der Waals surface area contributed by atoms with Gasteiger partial charge in [-0.3, -0.25) is 9.63 Å². The molecule has 0 aliphatic rings. The van der Waals surface area contributed by atoms with Crippen molar-refractivity contribution in [2.75, 3.05) is 14.2 Å². The smallest absolute Gasteiger partial charge is 0.408 e. The van der Waals surface area contributed by atoms with Gasteiger partial charge in [0, 0.05) is 37.6 Å². The summed E-state index contributed by atoms with van der Waals surface area (Å²) >= 11 is 0. The van der Waals surface area contributed by atoms with Gasteiger partial charge < -0.3 is 19.4 Å². The zero-order valence-corrected chi connectivity index (χ0v) is 20.6. The highest BCUT2D eigenvalue weighted by Crippen LogP contribution is 2.27. The number of hydrogen-bond donors (Lipinski definition) is 1. The van der Waals surface area contributed by atoms with Crippen molar-refractivity contribution < 1.29 is 23.9 Å². The van der Waals surface area contributed by atoms with E-state index >= 15 is 0 Å². The minimum Gasteiger partial charge on any atom is -0.489 e. The van der Waals surface area contributed by atoms with Gasteiger partial charge in [0.15, 0.2) is 0 Å². The first-order valence-corrected chi connectivity index (χ1v) is 11.1. The minimum atomic E-state index is -0.876. The van der Waals surface area contributed by atoms with Crippen LogP contribution in [0, 0.1) is 0 Å². The van der Waals surface area contributed by atoms with E-state index in [1.54, 1.807) is 20.8 Å². The van der Waals surface area contributed by atoms with Crippen LogP contribution in [-0.2, 0) is 34.4 Å². The number of likely N-dealkylation sites (N-methyl/N-ethyl adjacent to an activating group) is 1. The normalized spacial score (nSPS) is 12.3. The molecule has 34 heavy (non-hydrogen) atoms. The van der Waals surface area contributed by atoms with Gasteiger partial charge in [-0.2, -0.15) is 0 Å². The molecule has 2 aromatic carbocycles. The lowest BCUT2D eigenvalue weighted by atomic mass is 10.0. The van der Waals surface area contributed by atoms with Crippen LogP contribution in [0.15, 0.2) is 54.7 Å². The number of hydroxylamine groups is 2. The number of amides is 2. The molecule has 3 rings (SSSR count). The van der Waals surface area contributed by atoms with Gasteiger partial charge in [-0.1, -0.05) is 30.3 Å². The summed E-state index contributed by atoms with van der Waals surface area (Å²) in [6.45, 7) is 5.76. The fraction of sp³-hybridized carbons (Fsp3) is 0.385. The molecule has 0 aliphatic heterocycles. The maximum absolute atomic E-state index is 12.9. The first-order chi connectivity index (χ1) is 16.1. The highest BCUT2D eigenvalue weighted by Gasteiger charge is 2.28. The van der Waals surface area contributed by atoms with Crippen LogP contribution in [0.2, 0.25) is 0 Å². The first-order valence-electron chi connectivity index (χ1n) is 11.1. The summed E-state index contributed by atoms with van der Waals surface area (Å²) in [5.74, 6) is 0.336. The fourth-order valence-electron chi connectivity index (χ4n) is 3.63. The van der Waals surface area contributed by atoms with Crippen molar-refractivity contribution in [2.24, 2.45) is 7.05 Å². The molecule has 1 atom stereocenters. The second-order valence-corrected chi connectivity index (χ2v) is 9.14. The molecule has 8 heteroatoms. The number of aromatic nitrogens is 1. The summed E-state index contributed by atoms with van der Waals surface area (Å²) in [5, 5.41) is 4.74. The van der Waals surface area contributed by atoms with Gasteiger partial charge in [0.2, 0.25) is 0 Å². The Labute approximate surface area is 200 Å². The molecule has 0 saturated heterocycles. The Hall–Kier alpha value is -3.52. The van der Waals surface area contributed by atoms with Gasteiger partial charge in [-0.25, -0.2) is 9.86 Å². The van der Waals surface area contributed by atoms with E-state index in [-0.39, 0.29) is 12.3 Å². The zero-order valence-electron chi connectivity index (χ0n) is 20.6. The van der Waals surface area contributed by atoms with E-state index in [0.29, 0.717) is 6.61 Å². The fourth-order valence-corrected chi connectivity index (χ4v) is 3.63. The third-order valence-electron chi connectivity index (χ3n) is 5.29. The van der Waals surface area contributed by atoms with Crippen molar-refractivity contribution in [3.63, 3.8) is 0 Å². The lowest BCUT2D eigenvalue weighted by molar-refractivity contribution is -0.171. The number of aryl methyl sites for hydroxylation is 1. The van der Waals surface area contributed by atoms with Crippen molar-refractivity contribution in [2.45, 2.75) is 45.4 Å². The third kappa shape index (κ3) is 6.51. The molecule has 0 radical (unpaired) electrons. The minimum absolute atomic E-state index is 0.255. The monoisotopic (exact) mass is 467 g/mol. The largest absolute Gasteiger partial charge is 0.489 e. The molecular weight excluding hydrogens is 434 g/mol. The van der Waals surface area contributed by atoms with Crippen LogP contribution in [0.5, 0.6) is 5.75 Å². The van der Waals surface area contributed by atoms with Crippen LogP contribution in [0.25, 0.3) is 10.9 Å². The van der Waals surface area contributed by atoms with Gasteiger partial charge in [0.1, 0.15) is 24.0 Å². The number of fused-ring (bicyclic) bond motifs is 1. The van der Waals surface area contributed by atoms with Crippen LogP contribution in [0.4, 0.5) is 4.79 Å². The van der Waals surface area contributed by atoms with Crippen LogP contribution >= 0.6 is 0 Å². The molecule has 182 valence electrons. The van der Waals surface area contributed by atoms with E-state index in [0.717, 1.165) is 32.8 Å². The molecule has 2 amide bonds. The highest BCUT2D eigenvalue weighted by molar-refractivity contribution is 5.89. The average molecular weight is 468 g/mol. The molecule has 3 aromatic rings. The molecule has 0 aliphatic carbocycles. The molecule has 1 aromatic heterocycles. The van der Waals surface area contributed by atoms with Crippen LogP contribution in [0.3, 0.4) is 0 Å². The Balaban J connectivity index is 1.86. The number of alkyl carbamates (subject to hydrolysis) is 1. The Morgan fingerprint density at radius 1 is 1.12 bits per heavy atom. The summed E-state index contributed by atoms with van der Waals surface area (Å²) in [6.07, 6.45) is 1.54. The SMILES string of the molecule is CON(C)C(=O)C(Cc1cn(C)c2ccc(OCc3ccccc3)cc12)NC(=O)OC(C)(C)C. The number of nitrogens with one attached hydrogen (secondary N) is 1. The summed E-state index contributed by atoms with van der Waals surface area (Å²) in [7, 11) is 4.84. The number of hydrogen-bond acceptors (Lipinski definition) is 5. The highest BCUT2D eigenvalue weighted by atomic mass is 16.7. The van der Waals surface area contributed by atoms with Crippen LogP contribution < -0.4 is 10.1 Å². The number of ether oxygens (including phenoxy) is 2. The van der Waals surface area contributed by atoms with Crippen molar-refractivity contribution in [1.82, 2.24) is 14.9 Å². The Morgan fingerprint density at radius 2 is 1.82 bits per heavy atom. The molecule has 1 unspecified atom stereocenters. The standard InChI is InChI=1S/C26H33N3O5/c1-26(2,3)34-25(31)27-22(24(30)29(5)32-6)14-19-16-28(4)23-13-12-20(15-21(19)23)33-17-18-10-8-7-9-11-18/h7-13,15-16,22H,14,17H2,1-6H3,(H,27,31). The topological polar surface area (TPSA) is 82.0 Å². The van der Waals surface area contributed by atoms with Crippen LogP contribution in [-0.4, -0.2) is 47.4 Å². The summed E-state index contributed by atoms with van der Waals surface area (Å²) in [6, 6.07) is 14.9. The lowest BCUT2D eigenvalue weighted by Crippen LogP contribution is -2.49. The van der Waals surface area contributed by atoms with Gasteiger partial charge in [0.25, 0.3) is 5.91 Å². The molecule has 0 bridgehead atoms. The Morgan fingerprint density at radius 3 is 2.47 bits per heavy atom. The van der Waals surface area contributed by atoms with Gasteiger partial charge in [0.05, 0.1) is 7.11 Å². The molecule has 1 N–H and O–H groups in total. The van der Waals surface area contributed by atoms with Crippen molar-refractivity contribution in [3.8, 4) is 5.75 Å². The quantitative estimate of drug-likeness (QED) is 0.502. The number of nitrogens with zero attached hydrogens (tertiary/aromatic N) is 2. The molecule has 0 fully saturated rings. The summed E-state index contributed by atoms with van der Waals surface area (Å²) in [4.78, 5) is 30.5. The van der Waals surface area contributed by atoms with E-state index < -0.39 is 17.7 Å². The van der Waals surface area contributed by atoms with Gasteiger partial charge in [-0.05, 0) is 50.1 Å². The molecule has 0 spiro atoms. The van der Waals surface area contributed by atoms with E-state index in [1.807, 2.05) is 66.3 Å². The number of rotatable bonds is 8. The molecule has 0 saturated carbocycles. The van der Waals surface area contributed by atoms with E-state index in [9.17, 15) is 9.59 Å². The second kappa shape index (κ2) is 10.6. The van der Waals surface area contributed by atoms with Gasteiger partial charge in [-0.15, -0.1) is 0 Å². The van der Waals surface area contributed by atoms with Gasteiger partial charge >= 0.3 is 6.09 Å². The van der Waals surface area contributed by atoms with Crippen LogP contribution in [0.1, 0.15) is 31.9 Å². The summed E-state index contributed by atoms with van der Waals surface area (Å²) < 4.78 is 13.4. The Bertz CT molecular complexity index is 1130. The molecule has 8 nitrogen and oxygen atoms in total. The van der Waals surface area contributed by atoms with E-state index in [1.165, 1.54) is 14.2 Å². The maximum atomic E-state index is 12.9.